The summed E-state index contributed by atoms with van der Waals surface area (Å²) in [6, 6.07) is 0.648. The van der Waals surface area contributed by atoms with E-state index in [1.165, 1.54) is 19.3 Å². The van der Waals surface area contributed by atoms with Crippen molar-refractivity contribution in [2.75, 3.05) is 20.3 Å². The van der Waals surface area contributed by atoms with E-state index in [1.807, 2.05) is 0 Å². The maximum atomic E-state index is 9.46. The molecule has 2 atom stereocenters. The van der Waals surface area contributed by atoms with Crippen molar-refractivity contribution in [3.05, 3.63) is 0 Å². The highest BCUT2D eigenvalue weighted by molar-refractivity contribution is 4.86. The van der Waals surface area contributed by atoms with E-state index in [4.69, 9.17) is 4.74 Å². The van der Waals surface area contributed by atoms with Crippen molar-refractivity contribution in [3.8, 4) is 0 Å². The molecule has 0 spiro atoms. The second-order valence-electron chi connectivity index (χ2n) is 5.46. The topological polar surface area (TPSA) is 41.5 Å². The minimum atomic E-state index is -0.322. The maximum Gasteiger partial charge on any atom is 0.0785 e. The first kappa shape index (κ1) is 12.9. The van der Waals surface area contributed by atoms with Crippen molar-refractivity contribution in [3.63, 3.8) is 0 Å². The van der Waals surface area contributed by atoms with Gasteiger partial charge in [0, 0.05) is 13.2 Å². The average molecular weight is 215 g/mol. The molecule has 90 valence electrons. The van der Waals surface area contributed by atoms with Gasteiger partial charge in [0.2, 0.25) is 0 Å². The van der Waals surface area contributed by atoms with Gasteiger partial charge in [0.25, 0.3) is 0 Å². The normalized spacial score (nSPS) is 26.8. The Morgan fingerprint density at radius 2 is 2.27 bits per heavy atom. The molecule has 2 unspecified atom stereocenters. The molecule has 0 amide bonds. The molecule has 0 bridgehead atoms. The van der Waals surface area contributed by atoms with Crippen molar-refractivity contribution in [1.29, 1.82) is 0 Å². The molecule has 3 nitrogen and oxygen atoms in total. The van der Waals surface area contributed by atoms with Crippen molar-refractivity contribution < 1.29 is 9.84 Å². The van der Waals surface area contributed by atoms with Crippen molar-refractivity contribution >= 4 is 0 Å². The van der Waals surface area contributed by atoms with Crippen LogP contribution in [0.5, 0.6) is 0 Å². The molecule has 1 saturated carbocycles. The van der Waals surface area contributed by atoms with Crippen molar-refractivity contribution in [2.24, 2.45) is 5.41 Å². The Labute approximate surface area is 93.2 Å². The lowest BCUT2D eigenvalue weighted by Gasteiger charge is -2.18. The van der Waals surface area contributed by atoms with E-state index < -0.39 is 0 Å². The fourth-order valence-electron chi connectivity index (χ4n) is 2.34. The summed E-state index contributed by atoms with van der Waals surface area (Å²) in [7, 11) is 1.62. The first-order valence-corrected chi connectivity index (χ1v) is 5.94. The number of hydrogen-bond acceptors (Lipinski definition) is 3. The summed E-state index contributed by atoms with van der Waals surface area (Å²) in [5.74, 6) is 0. The number of nitrogens with one attached hydrogen (secondary N) is 1. The summed E-state index contributed by atoms with van der Waals surface area (Å²) >= 11 is 0. The van der Waals surface area contributed by atoms with Crippen LogP contribution in [0, 0.1) is 5.41 Å². The molecule has 3 heteroatoms. The summed E-state index contributed by atoms with van der Waals surface area (Å²) in [4.78, 5) is 0. The van der Waals surface area contributed by atoms with Gasteiger partial charge in [-0.1, -0.05) is 13.8 Å². The Morgan fingerprint density at radius 1 is 1.53 bits per heavy atom. The van der Waals surface area contributed by atoms with Gasteiger partial charge >= 0.3 is 0 Å². The Bertz CT molecular complexity index is 182. The average Bonchev–Trinajstić information content (AvgIpc) is 2.46. The predicted molar refractivity (Wildman–Crippen MR) is 61.9 cm³/mol. The molecule has 15 heavy (non-hydrogen) atoms. The number of ether oxygens (including phenoxy) is 1. The molecule has 0 aromatic heterocycles. The number of aliphatic hydroxyl groups excluding tert-OH is 1. The monoisotopic (exact) mass is 215 g/mol. The Morgan fingerprint density at radius 3 is 2.80 bits per heavy atom. The third kappa shape index (κ3) is 4.96. The highest BCUT2D eigenvalue weighted by atomic mass is 16.5. The largest absolute Gasteiger partial charge is 0.391 e. The van der Waals surface area contributed by atoms with Gasteiger partial charge in [-0.15, -0.1) is 0 Å². The fourth-order valence-corrected chi connectivity index (χ4v) is 2.34. The van der Waals surface area contributed by atoms with E-state index in [2.05, 4.69) is 19.2 Å². The van der Waals surface area contributed by atoms with Crippen LogP contribution < -0.4 is 5.32 Å². The van der Waals surface area contributed by atoms with Crippen LogP contribution in [0.15, 0.2) is 0 Å². The van der Waals surface area contributed by atoms with Crippen LogP contribution in [-0.2, 0) is 4.74 Å². The van der Waals surface area contributed by atoms with E-state index in [0.29, 0.717) is 18.1 Å². The third-order valence-electron chi connectivity index (χ3n) is 3.24. The molecule has 1 fully saturated rings. The molecule has 0 radical (unpaired) electrons. The lowest BCUT2D eigenvalue weighted by atomic mass is 9.92. The van der Waals surface area contributed by atoms with Crippen molar-refractivity contribution in [2.45, 2.75) is 51.7 Å². The summed E-state index contributed by atoms with van der Waals surface area (Å²) in [6.07, 6.45) is 4.30. The minimum absolute atomic E-state index is 0.322. The van der Waals surface area contributed by atoms with Gasteiger partial charge in [-0.25, -0.2) is 0 Å². The van der Waals surface area contributed by atoms with Crippen LogP contribution >= 0.6 is 0 Å². The molecule has 1 aliphatic carbocycles. The van der Waals surface area contributed by atoms with Crippen LogP contribution in [0.2, 0.25) is 0 Å². The van der Waals surface area contributed by atoms with E-state index in [9.17, 15) is 5.11 Å². The van der Waals surface area contributed by atoms with E-state index in [-0.39, 0.29) is 6.10 Å². The highest BCUT2D eigenvalue weighted by Gasteiger charge is 2.30. The van der Waals surface area contributed by atoms with Gasteiger partial charge in [0.05, 0.1) is 12.7 Å². The molecule has 0 aromatic rings. The molecule has 0 aliphatic heterocycles. The first-order valence-electron chi connectivity index (χ1n) is 5.94. The van der Waals surface area contributed by atoms with Gasteiger partial charge in [0.1, 0.15) is 0 Å². The smallest absolute Gasteiger partial charge is 0.0785 e. The zero-order chi connectivity index (χ0) is 11.3. The molecule has 0 saturated heterocycles. The SMILES string of the molecule is COCC(O)CCNC1CCC(C)(C)C1. The zero-order valence-corrected chi connectivity index (χ0v) is 10.3. The lowest BCUT2D eigenvalue weighted by Crippen LogP contribution is -2.31. The summed E-state index contributed by atoms with van der Waals surface area (Å²) in [5, 5.41) is 13.0. The fraction of sp³-hybridized carbons (Fsp3) is 1.00. The van der Waals surface area contributed by atoms with Crippen LogP contribution in [0.25, 0.3) is 0 Å². The summed E-state index contributed by atoms with van der Waals surface area (Å²) in [6.45, 7) is 5.99. The van der Waals surface area contributed by atoms with Gasteiger partial charge < -0.3 is 15.2 Å². The van der Waals surface area contributed by atoms with Gasteiger partial charge in [-0.3, -0.25) is 0 Å². The summed E-state index contributed by atoms with van der Waals surface area (Å²) < 4.78 is 4.88. The Kier molecular flexibility index (Phi) is 5.03. The highest BCUT2D eigenvalue weighted by Crippen LogP contribution is 2.36. The van der Waals surface area contributed by atoms with E-state index in [1.54, 1.807) is 7.11 Å². The summed E-state index contributed by atoms with van der Waals surface area (Å²) in [5.41, 5.74) is 0.503. The van der Waals surface area contributed by atoms with E-state index in [0.717, 1.165) is 13.0 Å². The predicted octanol–water partition coefficient (Wildman–Crippen LogP) is 1.55. The second-order valence-corrected chi connectivity index (χ2v) is 5.46. The molecule has 1 rings (SSSR count). The molecule has 0 heterocycles. The minimum Gasteiger partial charge on any atom is -0.391 e. The molecule has 1 aliphatic rings. The van der Waals surface area contributed by atoms with Crippen LogP contribution in [0.1, 0.15) is 39.5 Å². The number of hydrogen-bond donors (Lipinski definition) is 2. The second kappa shape index (κ2) is 5.83. The third-order valence-corrected chi connectivity index (χ3v) is 3.24. The van der Waals surface area contributed by atoms with Gasteiger partial charge in [-0.2, -0.15) is 0 Å². The van der Waals surface area contributed by atoms with Gasteiger partial charge in [0.15, 0.2) is 0 Å². The standard InChI is InChI=1S/C12H25NO2/c1-12(2)6-4-10(8-12)13-7-5-11(14)9-15-3/h10-11,13-14H,4-9H2,1-3H3. The molecular formula is C12H25NO2. The molecule has 2 N–H and O–H groups in total. The van der Waals surface area contributed by atoms with Crippen LogP contribution in [0.4, 0.5) is 0 Å². The quantitative estimate of drug-likeness (QED) is 0.706. The Balaban J connectivity index is 2.06. The lowest BCUT2D eigenvalue weighted by molar-refractivity contribution is 0.0589. The van der Waals surface area contributed by atoms with Crippen molar-refractivity contribution in [1.82, 2.24) is 5.32 Å². The number of methoxy groups -OCH3 is 1. The Hall–Kier alpha value is -0.120. The van der Waals surface area contributed by atoms with Crippen LogP contribution in [0.3, 0.4) is 0 Å². The van der Waals surface area contributed by atoms with Crippen LogP contribution in [-0.4, -0.2) is 37.5 Å². The maximum absolute atomic E-state index is 9.46. The number of aliphatic hydroxyl groups is 1. The molecule has 0 aromatic carbocycles. The molecular weight excluding hydrogens is 190 g/mol. The zero-order valence-electron chi connectivity index (χ0n) is 10.3. The van der Waals surface area contributed by atoms with Gasteiger partial charge in [-0.05, 0) is 37.6 Å². The van der Waals surface area contributed by atoms with E-state index >= 15 is 0 Å². The number of rotatable bonds is 6. The first-order chi connectivity index (χ1) is 7.03.